The third-order valence-corrected chi connectivity index (χ3v) is 3.99. The molecule has 1 unspecified atom stereocenters. The summed E-state index contributed by atoms with van der Waals surface area (Å²) in [4.78, 5) is 12.6. The predicted octanol–water partition coefficient (Wildman–Crippen LogP) is 5.05. The molecule has 2 rings (SSSR count). The molecule has 20 heavy (non-hydrogen) atoms. The van der Waals surface area contributed by atoms with Gasteiger partial charge in [-0.2, -0.15) is 0 Å². The minimum absolute atomic E-state index is 0.113. The summed E-state index contributed by atoms with van der Waals surface area (Å²) in [5, 5.41) is 0. The van der Waals surface area contributed by atoms with Crippen LogP contribution in [0.1, 0.15) is 58.8 Å². The van der Waals surface area contributed by atoms with E-state index in [1.165, 1.54) is 5.56 Å². The molecule has 0 aliphatic heterocycles. The molecule has 0 amide bonds. The van der Waals surface area contributed by atoms with Gasteiger partial charge in [-0.25, -0.2) is 0 Å². The molecule has 1 nitrogen and oxygen atoms in total. The molecule has 1 atom stereocenters. The lowest BCUT2D eigenvalue weighted by Crippen LogP contribution is -2.04. The first-order valence-corrected chi connectivity index (χ1v) is 7.24. The Labute approximate surface area is 121 Å². The first-order chi connectivity index (χ1) is 9.52. The molecule has 0 saturated carbocycles. The average Bonchev–Trinajstić information content (AvgIpc) is 2.48. The van der Waals surface area contributed by atoms with Gasteiger partial charge in [-0.05, 0) is 43.4 Å². The zero-order valence-corrected chi connectivity index (χ0v) is 12.7. The Kier molecular flexibility index (Phi) is 4.39. The van der Waals surface area contributed by atoms with Crippen molar-refractivity contribution in [2.45, 2.75) is 40.0 Å². The van der Waals surface area contributed by atoms with Crippen LogP contribution in [0.3, 0.4) is 0 Å². The summed E-state index contributed by atoms with van der Waals surface area (Å²) in [6.07, 6.45) is 1.12. The topological polar surface area (TPSA) is 17.1 Å². The Hall–Kier alpha value is -1.89. The molecular formula is C19H22O. The van der Waals surface area contributed by atoms with Crippen molar-refractivity contribution < 1.29 is 4.79 Å². The summed E-state index contributed by atoms with van der Waals surface area (Å²) >= 11 is 0. The van der Waals surface area contributed by atoms with E-state index in [2.05, 4.69) is 26.0 Å². The van der Waals surface area contributed by atoms with Crippen molar-refractivity contribution in [2.24, 2.45) is 0 Å². The number of benzene rings is 2. The van der Waals surface area contributed by atoms with Crippen LogP contribution in [0, 0.1) is 13.8 Å². The van der Waals surface area contributed by atoms with Crippen LogP contribution in [0.15, 0.2) is 42.5 Å². The zero-order chi connectivity index (χ0) is 14.7. The highest BCUT2D eigenvalue weighted by molar-refractivity contribution is 6.10. The van der Waals surface area contributed by atoms with Gasteiger partial charge in [0.25, 0.3) is 0 Å². The summed E-state index contributed by atoms with van der Waals surface area (Å²) in [6, 6.07) is 14.1. The van der Waals surface area contributed by atoms with Crippen LogP contribution >= 0.6 is 0 Å². The van der Waals surface area contributed by atoms with Crippen molar-refractivity contribution in [3.05, 3.63) is 70.3 Å². The number of carbonyl (C=O) groups excluding carboxylic acids is 1. The van der Waals surface area contributed by atoms with Gasteiger partial charge in [0.1, 0.15) is 0 Å². The van der Waals surface area contributed by atoms with Crippen molar-refractivity contribution in [3.63, 3.8) is 0 Å². The minimum Gasteiger partial charge on any atom is -0.289 e. The van der Waals surface area contributed by atoms with E-state index in [4.69, 9.17) is 0 Å². The molecule has 0 bridgehead atoms. The lowest BCUT2D eigenvalue weighted by Gasteiger charge is -2.10. The maximum absolute atomic E-state index is 12.6. The van der Waals surface area contributed by atoms with Gasteiger partial charge in [0.05, 0.1) is 0 Å². The molecule has 0 heterocycles. The third kappa shape index (κ3) is 2.98. The van der Waals surface area contributed by atoms with E-state index in [1.807, 2.05) is 44.2 Å². The van der Waals surface area contributed by atoms with E-state index in [0.29, 0.717) is 5.92 Å². The molecule has 0 saturated heterocycles. The first kappa shape index (κ1) is 14.5. The standard InChI is InChI=1S/C19H22O/c1-5-14(3)16-8-10-17(11-9-16)19(20)18-12-13(2)6-7-15(18)4/h6-12,14H,5H2,1-4H3. The van der Waals surface area contributed by atoms with Gasteiger partial charge in [0, 0.05) is 11.1 Å². The maximum atomic E-state index is 12.6. The largest absolute Gasteiger partial charge is 0.289 e. The zero-order valence-electron chi connectivity index (χ0n) is 12.7. The van der Waals surface area contributed by atoms with Crippen molar-refractivity contribution in [2.75, 3.05) is 0 Å². The first-order valence-electron chi connectivity index (χ1n) is 7.24. The van der Waals surface area contributed by atoms with Crippen LogP contribution in [0.4, 0.5) is 0 Å². The van der Waals surface area contributed by atoms with Crippen LogP contribution in [-0.4, -0.2) is 5.78 Å². The van der Waals surface area contributed by atoms with Gasteiger partial charge in [-0.3, -0.25) is 4.79 Å². The Morgan fingerprint density at radius 3 is 2.30 bits per heavy atom. The highest BCUT2D eigenvalue weighted by Gasteiger charge is 2.12. The maximum Gasteiger partial charge on any atom is 0.193 e. The van der Waals surface area contributed by atoms with Gasteiger partial charge >= 0.3 is 0 Å². The predicted molar refractivity (Wildman–Crippen MR) is 84.5 cm³/mol. The number of rotatable bonds is 4. The van der Waals surface area contributed by atoms with Gasteiger partial charge in [-0.1, -0.05) is 55.8 Å². The molecule has 0 fully saturated rings. The second kappa shape index (κ2) is 6.04. The van der Waals surface area contributed by atoms with Crippen molar-refractivity contribution in [1.82, 2.24) is 0 Å². The number of aryl methyl sites for hydroxylation is 2. The second-order valence-electron chi connectivity index (χ2n) is 5.58. The summed E-state index contributed by atoms with van der Waals surface area (Å²) in [5.41, 5.74) is 5.03. The summed E-state index contributed by atoms with van der Waals surface area (Å²) in [7, 11) is 0. The van der Waals surface area contributed by atoms with Gasteiger partial charge < -0.3 is 0 Å². The van der Waals surface area contributed by atoms with Crippen LogP contribution in [0.25, 0.3) is 0 Å². The Morgan fingerprint density at radius 2 is 1.70 bits per heavy atom. The van der Waals surface area contributed by atoms with Gasteiger partial charge in [0.15, 0.2) is 5.78 Å². The Bertz CT molecular complexity index is 608. The molecular weight excluding hydrogens is 244 g/mol. The van der Waals surface area contributed by atoms with E-state index < -0.39 is 0 Å². The van der Waals surface area contributed by atoms with Gasteiger partial charge in [-0.15, -0.1) is 0 Å². The average molecular weight is 266 g/mol. The van der Waals surface area contributed by atoms with Crippen LogP contribution in [0.5, 0.6) is 0 Å². The number of hydrogen-bond acceptors (Lipinski definition) is 1. The lowest BCUT2D eigenvalue weighted by molar-refractivity contribution is 0.103. The molecule has 2 aromatic carbocycles. The van der Waals surface area contributed by atoms with Crippen LogP contribution in [0.2, 0.25) is 0 Å². The molecule has 0 spiro atoms. The highest BCUT2D eigenvalue weighted by Crippen LogP contribution is 2.21. The van der Waals surface area contributed by atoms with Gasteiger partial charge in [0.2, 0.25) is 0 Å². The summed E-state index contributed by atoms with van der Waals surface area (Å²) in [6.45, 7) is 8.39. The van der Waals surface area contributed by atoms with Crippen molar-refractivity contribution >= 4 is 5.78 Å². The summed E-state index contributed by atoms with van der Waals surface area (Å²) < 4.78 is 0. The smallest absolute Gasteiger partial charge is 0.193 e. The highest BCUT2D eigenvalue weighted by atomic mass is 16.1. The molecule has 0 aromatic heterocycles. The Morgan fingerprint density at radius 1 is 1.05 bits per heavy atom. The number of hydrogen-bond donors (Lipinski definition) is 0. The minimum atomic E-state index is 0.113. The number of ketones is 1. The van der Waals surface area contributed by atoms with E-state index in [9.17, 15) is 4.79 Å². The molecule has 0 aliphatic carbocycles. The van der Waals surface area contributed by atoms with E-state index in [0.717, 1.165) is 28.7 Å². The second-order valence-corrected chi connectivity index (χ2v) is 5.58. The van der Waals surface area contributed by atoms with E-state index >= 15 is 0 Å². The van der Waals surface area contributed by atoms with Crippen LogP contribution < -0.4 is 0 Å². The van der Waals surface area contributed by atoms with Crippen molar-refractivity contribution in [1.29, 1.82) is 0 Å². The molecule has 0 aliphatic rings. The monoisotopic (exact) mass is 266 g/mol. The fourth-order valence-electron chi connectivity index (χ4n) is 2.33. The van der Waals surface area contributed by atoms with Crippen LogP contribution in [-0.2, 0) is 0 Å². The lowest BCUT2D eigenvalue weighted by atomic mass is 9.94. The Balaban J connectivity index is 2.32. The molecule has 0 N–H and O–H groups in total. The molecule has 0 radical (unpaired) electrons. The fraction of sp³-hybridized carbons (Fsp3) is 0.316. The van der Waals surface area contributed by atoms with E-state index in [1.54, 1.807) is 0 Å². The molecule has 104 valence electrons. The third-order valence-electron chi connectivity index (χ3n) is 3.99. The number of carbonyl (C=O) groups is 1. The van der Waals surface area contributed by atoms with Crippen molar-refractivity contribution in [3.8, 4) is 0 Å². The SMILES string of the molecule is CCC(C)c1ccc(C(=O)c2cc(C)ccc2C)cc1. The normalized spacial score (nSPS) is 12.2. The molecule has 2 aromatic rings. The molecule has 1 heteroatoms. The fourth-order valence-corrected chi connectivity index (χ4v) is 2.33. The summed E-state index contributed by atoms with van der Waals surface area (Å²) in [5.74, 6) is 0.654. The van der Waals surface area contributed by atoms with E-state index in [-0.39, 0.29) is 5.78 Å². The quantitative estimate of drug-likeness (QED) is 0.708.